The standard InChI is InChI=1S/C9H16N2O3S/c1-7(15(3,13)14)9(12)4-8-5-10-11(2)6-8/h5-7,9,12H,4H2,1-3H3. The Bertz CT molecular complexity index is 424. The van der Waals surface area contributed by atoms with Gasteiger partial charge >= 0.3 is 0 Å². The van der Waals surface area contributed by atoms with E-state index in [1.54, 1.807) is 24.1 Å². The lowest BCUT2D eigenvalue weighted by atomic mass is 10.1. The molecule has 1 heterocycles. The predicted octanol–water partition coefficient (Wildman–Crippen LogP) is -0.243. The third-order valence-corrected chi connectivity index (χ3v) is 4.09. The van der Waals surface area contributed by atoms with E-state index in [0.717, 1.165) is 11.8 Å². The van der Waals surface area contributed by atoms with Crippen LogP contribution in [-0.4, -0.2) is 40.9 Å². The van der Waals surface area contributed by atoms with Gasteiger partial charge in [0.2, 0.25) is 0 Å². The maximum Gasteiger partial charge on any atom is 0.152 e. The van der Waals surface area contributed by atoms with Crippen LogP contribution in [0.4, 0.5) is 0 Å². The number of aromatic nitrogens is 2. The van der Waals surface area contributed by atoms with Crippen molar-refractivity contribution in [1.29, 1.82) is 0 Å². The molecule has 2 unspecified atom stereocenters. The minimum Gasteiger partial charge on any atom is -0.391 e. The largest absolute Gasteiger partial charge is 0.391 e. The fraction of sp³-hybridized carbons (Fsp3) is 0.667. The summed E-state index contributed by atoms with van der Waals surface area (Å²) in [6.45, 7) is 1.51. The first-order chi connectivity index (χ1) is 6.80. The van der Waals surface area contributed by atoms with Crippen molar-refractivity contribution in [3.8, 4) is 0 Å². The molecule has 0 amide bonds. The summed E-state index contributed by atoms with van der Waals surface area (Å²) in [6.07, 6.45) is 3.94. The SMILES string of the molecule is CC(C(O)Cc1cnn(C)c1)S(C)(=O)=O. The predicted molar refractivity (Wildman–Crippen MR) is 57.2 cm³/mol. The van der Waals surface area contributed by atoms with Crippen molar-refractivity contribution in [2.24, 2.45) is 7.05 Å². The molecule has 0 aliphatic carbocycles. The average Bonchev–Trinajstić information content (AvgIpc) is 2.48. The lowest BCUT2D eigenvalue weighted by molar-refractivity contribution is 0.173. The normalized spacial score (nSPS) is 16.3. The molecule has 0 saturated heterocycles. The number of aliphatic hydroxyl groups is 1. The molecule has 2 atom stereocenters. The van der Waals surface area contributed by atoms with Gasteiger partial charge in [0.15, 0.2) is 9.84 Å². The molecular formula is C9H16N2O3S. The molecule has 86 valence electrons. The number of rotatable bonds is 4. The molecule has 0 saturated carbocycles. The summed E-state index contributed by atoms with van der Waals surface area (Å²) in [5.74, 6) is 0. The van der Waals surface area contributed by atoms with E-state index in [1.807, 2.05) is 0 Å². The first-order valence-corrected chi connectivity index (χ1v) is 6.60. The van der Waals surface area contributed by atoms with Crippen LogP contribution in [0, 0.1) is 0 Å². The molecular weight excluding hydrogens is 216 g/mol. The molecule has 0 aromatic carbocycles. The molecule has 15 heavy (non-hydrogen) atoms. The van der Waals surface area contributed by atoms with Crippen molar-refractivity contribution in [3.63, 3.8) is 0 Å². The fourth-order valence-electron chi connectivity index (χ4n) is 1.27. The number of aliphatic hydroxyl groups excluding tert-OH is 1. The topological polar surface area (TPSA) is 72.2 Å². The number of hydrogen-bond donors (Lipinski definition) is 1. The number of nitrogens with zero attached hydrogens (tertiary/aromatic N) is 2. The van der Waals surface area contributed by atoms with Crippen LogP contribution in [0.2, 0.25) is 0 Å². The van der Waals surface area contributed by atoms with Crippen molar-refractivity contribution >= 4 is 9.84 Å². The summed E-state index contributed by atoms with van der Waals surface area (Å²) in [7, 11) is -1.42. The summed E-state index contributed by atoms with van der Waals surface area (Å²) in [5.41, 5.74) is 0.834. The molecule has 0 aliphatic rings. The first-order valence-electron chi connectivity index (χ1n) is 4.65. The molecule has 1 aromatic rings. The van der Waals surface area contributed by atoms with Gasteiger partial charge < -0.3 is 5.11 Å². The van der Waals surface area contributed by atoms with Crippen molar-refractivity contribution in [2.45, 2.75) is 24.7 Å². The summed E-state index contributed by atoms with van der Waals surface area (Å²) in [6, 6.07) is 0. The Labute approximate surface area is 89.6 Å². The zero-order valence-corrected chi connectivity index (χ0v) is 9.90. The lowest BCUT2D eigenvalue weighted by Crippen LogP contribution is -2.32. The third kappa shape index (κ3) is 3.32. The molecule has 0 bridgehead atoms. The monoisotopic (exact) mass is 232 g/mol. The summed E-state index contributed by atoms with van der Waals surface area (Å²) in [5, 5.41) is 12.9. The molecule has 0 fully saturated rings. The maximum absolute atomic E-state index is 11.2. The van der Waals surface area contributed by atoms with Crippen LogP contribution in [0.25, 0.3) is 0 Å². The quantitative estimate of drug-likeness (QED) is 0.777. The summed E-state index contributed by atoms with van der Waals surface area (Å²) in [4.78, 5) is 0. The number of sulfone groups is 1. The van der Waals surface area contributed by atoms with Crippen LogP contribution >= 0.6 is 0 Å². The lowest BCUT2D eigenvalue weighted by Gasteiger charge is -2.15. The van der Waals surface area contributed by atoms with Crippen LogP contribution < -0.4 is 0 Å². The summed E-state index contributed by atoms with van der Waals surface area (Å²) >= 11 is 0. The highest BCUT2D eigenvalue weighted by Gasteiger charge is 2.24. The van der Waals surface area contributed by atoms with Gasteiger partial charge in [0.1, 0.15) is 0 Å². The van der Waals surface area contributed by atoms with Gasteiger partial charge in [0, 0.05) is 25.9 Å². The van der Waals surface area contributed by atoms with Crippen LogP contribution in [0.5, 0.6) is 0 Å². The number of hydrogen-bond acceptors (Lipinski definition) is 4. The van der Waals surface area contributed by atoms with Crippen LogP contribution in [0.1, 0.15) is 12.5 Å². The molecule has 0 aliphatic heterocycles. The van der Waals surface area contributed by atoms with Crippen LogP contribution in [0.15, 0.2) is 12.4 Å². The van der Waals surface area contributed by atoms with Crippen molar-refractivity contribution in [2.75, 3.05) is 6.26 Å². The van der Waals surface area contributed by atoms with Gasteiger partial charge in [-0.05, 0) is 12.5 Å². The molecule has 0 spiro atoms. The highest BCUT2D eigenvalue weighted by Crippen LogP contribution is 2.10. The Morgan fingerprint density at radius 1 is 1.60 bits per heavy atom. The van der Waals surface area contributed by atoms with E-state index in [1.165, 1.54) is 6.92 Å². The number of aryl methyl sites for hydroxylation is 1. The molecule has 6 heteroatoms. The minimum atomic E-state index is -3.19. The van der Waals surface area contributed by atoms with Gasteiger partial charge in [0.05, 0.1) is 17.6 Å². The Morgan fingerprint density at radius 3 is 2.60 bits per heavy atom. The Balaban J connectivity index is 2.68. The Hall–Kier alpha value is -0.880. The van der Waals surface area contributed by atoms with E-state index in [4.69, 9.17) is 0 Å². The second-order valence-electron chi connectivity index (χ2n) is 3.83. The molecule has 1 N–H and O–H groups in total. The first kappa shape index (κ1) is 12.2. The van der Waals surface area contributed by atoms with Gasteiger partial charge in [-0.15, -0.1) is 0 Å². The van der Waals surface area contributed by atoms with E-state index in [2.05, 4.69) is 5.10 Å². The molecule has 5 nitrogen and oxygen atoms in total. The smallest absolute Gasteiger partial charge is 0.152 e. The van der Waals surface area contributed by atoms with E-state index >= 15 is 0 Å². The molecule has 1 rings (SSSR count). The maximum atomic E-state index is 11.2. The fourth-order valence-corrected chi connectivity index (χ4v) is 1.94. The van der Waals surface area contributed by atoms with Gasteiger partial charge in [-0.2, -0.15) is 5.10 Å². The van der Waals surface area contributed by atoms with Crippen molar-refractivity contribution in [3.05, 3.63) is 18.0 Å². The van der Waals surface area contributed by atoms with E-state index in [-0.39, 0.29) is 0 Å². The second-order valence-corrected chi connectivity index (χ2v) is 6.23. The average molecular weight is 232 g/mol. The van der Waals surface area contributed by atoms with E-state index in [0.29, 0.717) is 6.42 Å². The van der Waals surface area contributed by atoms with Gasteiger partial charge in [0.25, 0.3) is 0 Å². The van der Waals surface area contributed by atoms with Gasteiger partial charge in [-0.25, -0.2) is 8.42 Å². The van der Waals surface area contributed by atoms with Gasteiger partial charge in [-0.1, -0.05) is 0 Å². The molecule has 0 radical (unpaired) electrons. The Morgan fingerprint density at radius 2 is 2.20 bits per heavy atom. The Kier molecular flexibility index (Phi) is 3.51. The molecule has 1 aromatic heterocycles. The van der Waals surface area contributed by atoms with E-state index < -0.39 is 21.2 Å². The highest BCUT2D eigenvalue weighted by molar-refractivity contribution is 7.91. The van der Waals surface area contributed by atoms with Crippen LogP contribution in [-0.2, 0) is 23.3 Å². The zero-order chi connectivity index (χ0) is 11.6. The third-order valence-electron chi connectivity index (χ3n) is 2.42. The zero-order valence-electron chi connectivity index (χ0n) is 9.08. The van der Waals surface area contributed by atoms with Crippen molar-refractivity contribution in [1.82, 2.24) is 9.78 Å². The highest BCUT2D eigenvalue weighted by atomic mass is 32.2. The van der Waals surface area contributed by atoms with Crippen LogP contribution in [0.3, 0.4) is 0 Å². The van der Waals surface area contributed by atoms with Gasteiger partial charge in [-0.3, -0.25) is 4.68 Å². The van der Waals surface area contributed by atoms with E-state index in [9.17, 15) is 13.5 Å². The summed E-state index contributed by atoms with van der Waals surface area (Å²) < 4.78 is 24.0. The second kappa shape index (κ2) is 4.32. The van der Waals surface area contributed by atoms with Crippen molar-refractivity contribution < 1.29 is 13.5 Å². The minimum absolute atomic E-state index is 0.308.